The summed E-state index contributed by atoms with van der Waals surface area (Å²) in [7, 11) is 1.58. The molecule has 0 bridgehead atoms. The number of nitrogens with one attached hydrogen (secondary N) is 1. The van der Waals surface area contributed by atoms with Gasteiger partial charge < -0.3 is 19.7 Å². The predicted octanol–water partition coefficient (Wildman–Crippen LogP) is 3.03. The zero-order valence-electron chi connectivity index (χ0n) is 18.3. The van der Waals surface area contributed by atoms with Gasteiger partial charge in [0, 0.05) is 37.9 Å². The highest BCUT2D eigenvalue weighted by atomic mass is 19.1. The van der Waals surface area contributed by atoms with Crippen LogP contribution in [0.3, 0.4) is 0 Å². The summed E-state index contributed by atoms with van der Waals surface area (Å²) in [5, 5.41) is 2.75. The molecule has 8 heteroatoms. The highest BCUT2D eigenvalue weighted by molar-refractivity contribution is 5.93. The Bertz CT molecular complexity index is 954. The molecule has 1 fully saturated rings. The maximum atomic E-state index is 13.0. The zero-order chi connectivity index (χ0) is 22.9. The molecule has 3 rings (SSSR count). The summed E-state index contributed by atoms with van der Waals surface area (Å²) in [6.07, 6.45) is 3.30. The van der Waals surface area contributed by atoms with Crippen molar-refractivity contribution in [1.29, 1.82) is 0 Å². The number of carbonyl (C=O) groups excluding carboxylic acids is 2. The molecule has 0 aliphatic carbocycles. The average molecular weight is 442 g/mol. The van der Waals surface area contributed by atoms with Gasteiger partial charge in [-0.2, -0.15) is 0 Å². The molecule has 2 aromatic rings. The Balaban J connectivity index is 1.46. The minimum absolute atomic E-state index is 0.0757. The third kappa shape index (κ3) is 6.55. The van der Waals surface area contributed by atoms with Crippen LogP contribution >= 0.6 is 0 Å². The molecule has 1 aliphatic heterocycles. The number of amides is 2. The maximum absolute atomic E-state index is 13.0. The van der Waals surface area contributed by atoms with Gasteiger partial charge >= 0.3 is 0 Å². The van der Waals surface area contributed by atoms with E-state index in [-0.39, 0.29) is 24.2 Å². The normalized spacial score (nSPS) is 14.4. The lowest BCUT2D eigenvalue weighted by Gasteiger charge is -2.33. The summed E-state index contributed by atoms with van der Waals surface area (Å²) in [4.78, 5) is 28.5. The number of rotatable bonds is 8. The van der Waals surface area contributed by atoms with Gasteiger partial charge in [0.25, 0.3) is 0 Å². The smallest absolute Gasteiger partial charge is 0.246 e. The van der Waals surface area contributed by atoms with E-state index in [1.165, 1.54) is 24.3 Å². The Labute approximate surface area is 187 Å². The van der Waals surface area contributed by atoms with E-state index in [0.717, 1.165) is 5.56 Å². The lowest BCUT2D eigenvalue weighted by molar-refractivity contribution is -0.127. The Kier molecular flexibility index (Phi) is 8.21. The van der Waals surface area contributed by atoms with Gasteiger partial charge in [-0.1, -0.05) is 6.07 Å². The van der Waals surface area contributed by atoms with Gasteiger partial charge in [-0.3, -0.25) is 14.5 Å². The van der Waals surface area contributed by atoms with Crippen molar-refractivity contribution in [2.24, 2.45) is 0 Å². The summed E-state index contributed by atoms with van der Waals surface area (Å²) >= 11 is 0. The standard InChI is InChI=1S/C24H28FN3O4/c1-3-32-21-10-4-18(16-22(21)31-2)5-11-24(30)28-14-12-27(13-15-28)17-23(29)26-20-8-6-19(25)7-9-20/h4-11,16H,3,12-15,17H2,1-2H3,(H,26,29)/b11-5+. The number of carbonyl (C=O) groups is 2. The lowest BCUT2D eigenvalue weighted by Crippen LogP contribution is -2.50. The number of halogens is 1. The van der Waals surface area contributed by atoms with Crippen molar-refractivity contribution in [2.75, 3.05) is 51.8 Å². The van der Waals surface area contributed by atoms with Crippen LogP contribution in [-0.4, -0.2) is 68.1 Å². The molecule has 2 aromatic carbocycles. The number of hydrogen-bond acceptors (Lipinski definition) is 5. The Hall–Kier alpha value is -3.39. The second-order valence-electron chi connectivity index (χ2n) is 7.33. The summed E-state index contributed by atoms with van der Waals surface area (Å²) in [6, 6.07) is 11.2. The van der Waals surface area contributed by atoms with Gasteiger partial charge in [-0.25, -0.2) is 4.39 Å². The number of piperazine rings is 1. The number of ether oxygens (including phenoxy) is 2. The molecule has 32 heavy (non-hydrogen) atoms. The number of nitrogens with zero attached hydrogens (tertiary/aromatic N) is 2. The van der Waals surface area contributed by atoms with Crippen molar-refractivity contribution in [3.63, 3.8) is 0 Å². The van der Waals surface area contributed by atoms with Crippen LogP contribution in [0.4, 0.5) is 10.1 Å². The van der Waals surface area contributed by atoms with Crippen molar-refractivity contribution in [2.45, 2.75) is 6.92 Å². The summed E-state index contributed by atoms with van der Waals surface area (Å²) in [6.45, 7) is 4.97. The third-order valence-electron chi connectivity index (χ3n) is 5.09. The van der Waals surface area contributed by atoms with E-state index in [1.54, 1.807) is 24.2 Å². The first kappa shape index (κ1) is 23.3. The summed E-state index contributed by atoms with van der Waals surface area (Å²) in [5.41, 5.74) is 1.40. The van der Waals surface area contributed by atoms with Crippen molar-refractivity contribution < 1.29 is 23.5 Å². The highest BCUT2D eigenvalue weighted by Gasteiger charge is 2.21. The zero-order valence-corrected chi connectivity index (χ0v) is 18.3. The van der Waals surface area contributed by atoms with Crippen LogP contribution < -0.4 is 14.8 Å². The molecular formula is C24H28FN3O4. The van der Waals surface area contributed by atoms with E-state index in [4.69, 9.17) is 9.47 Å². The van der Waals surface area contributed by atoms with Crippen LogP contribution in [0.25, 0.3) is 6.08 Å². The Morgan fingerprint density at radius 1 is 1.06 bits per heavy atom. The van der Waals surface area contributed by atoms with E-state index in [0.29, 0.717) is 50.0 Å². The predicted molar refractivity (Wildman–Crippen MR) is 121 cm³/mol. The van der Waals surface area contributed by atoms with Crippen LogP contribution in [0.2, 0.25) is 0 Å². The molecule has 1 saturated heterocycles. The van der Waals surface area contributed by atoms with Crippen LogP contribution in [-0.2, 0) is 9.59 Å². The molecule has 1 heterocycles. The number of hydrogen-bond donors (Lipinski definition) is 1. The lowest BCUT2D eigenvalue weighted by atomic mass is 10.2. The molecule has 0 unspecified atom stereocenters. The SMILES string of the molecule is CCOc1ccc(/C=C/C(=O)N2CCN(CC(=O)Nc3ccc(F)cc3)CC2)cc1OC. The molecule has 0 aromatic heterocycles. The van der Waals surface area contributed by atoms with E-state index in [2.05, 4.69) is 5.32 Å². The van der Waals surface area contributed by atoms with Gasteiger partial charge in [-0.15, -0.1) is 0 Å². The second kappa shape index (κ2) is 11.3. The maximum Gasteiger partial charge on any atom is 0.246 e. The monoisotopic (exact) mass is 441 g/mol. The van der Waals surface area contributed by atoms with Crippen LogP contribution in [0, 0.1) is 5.82 Å². The minimum atomic E-state index is -0.348. The quantitative estimate of drug-likeness (QED) is 0.638. The Morgan fingerprint density at radius 3 is 2.44 bits per heavy atom. The largest absolute Gasteiger partial charge is 0.493 e. The average Bonchev–Trinajstić information content (AvgIpc) is 2.80. The molecule has 0 radical (unpaired) electrons. The fourth-order valence-electron chi connectivity index (χ4n) is 3.40. The van der Waals surface area contributed by atoms with Crippen molar-refractivity contribution in [1.82, 2.24) is 9.80 Å². The number of anilines is 1. The molecule has 0 saturated carbocycles. The van der Waals surface area contributed by atoms with Crippen LogP contribution in [0.5, 0.6) is 11.5 Å². The third-order valence-corrected chi connectivity index (χ3v) is 5.09. The minimum Gasteiger partial charge on any atom is -0.493 e. The van der Waals surface area contributed by atoms with E-state index < -0.39 is 0 Å². The molecular weight excluding hydrogens is 413 g/mol. The van der Waals surface area contributed by atoms with Gasteiger partial charge in [-0.05, 0) is 55.0 Å². The van der Waals surface area contributed by atoms with E-state index >= 15 is 0 Å². The van der Waals surface area contributed by atoms with Crippen LogP contribution in [0.1, 0.15) is 12.5 Å². The van der Waals surface area contributed by atoms with Crippen molar-refractivity contribution >= 4 is 23.6 Å². The molecule has 2 amide bonds. The van der Waals surface area contributed by atoms with Gasteiger partial charge in [0.1, 0.15) is 5.82 Å². The van der Waals surface area contributed by atoms with Crippen molar-refractivity contribution in [3.05, 3.63) is 59.9 Å². The molecule has 1 N–H and O–H groups in total. The van der Waals surface area contributed by atoms with Gasteiger partial charge in [0.05, 0.1) is 20.3 Å². The molecule has 7 nitrogen and oxygen atoms in total. The summed E-state index contributed by atoms with van der Waals surface area (Å²) < 4.78 is 23.8. The first-order chi connectivity index (χ1) is 15.5. The fourth-order valence-corrected chi connectivity index (χ4v) is 3.40. The topological polar surface area (TPSA) is 71.1 Å². The first-order valence-electron chi connectivity index (χ1n) is 10.5. The highest BCUT2D eigenvalue weighted by Crippen LogP contribution is 2.28. The van der Waals surface area contributed by atoms with Crippen LogP contribution in [0.15, 0.2) is 48.5 Å². The Morgan fingerprint density at radius 2 is 1.78 bits per heavy atom. The van der Waals surface area contributed by atoms with Gasteiger partial charge in [0.2, 0.25) is 11.8 Å². The van der Waals surface area contributed by atoms with E-state index in [1.807, 2.05) is 30.0 Å². The summed E-state index contributed by atoms with van der Waals surface area (Å²) in [5.74, 6) is 0.695. The molecule has 0 atom stereocenters. The molecule has 0 spiro atoms. The van der Waals surface area contributed by atoms with Gasteiger partial charge in [0.15, 0.2) is 11.5 Å². The molecule has 1 aliphatic rings. The molecule has 170 valence electrons. The second-order valence-corrected chi connectivity index (χ2v) is 7.33. The first-order valence-corrected chi connectivity index (χ1v) is 10.5. The van der Waals surface area contributed by atoms with E-state index in [9.17, 15) is 14.0 Å². The fraction of sp³-hybridized carbons (Fsp3) is 0.333. The van der Waals surface area contributed by atoms with Crippen molar-refractivity contribution in [3.8, 4) is 11.5 Å². The number of methoxy groups -OCH3 is 1. The number of benzene rings is 2.